The fourth-order valence-corrected chi connectivity index (χ4v) is 17.2. The molecule has 11 rings (SSSR count). The van der Waals surface area contributed by atoms with Crippen LogP contribution >= 0.6 is 0 Å². The zero-order valence-corrected chi connectivity index (χ0v) is 50.0. The second-order valence-corrected chi connectivity index (χ2v) is 26.2. The van der Waals surface area contributed by atoms with E-state index in [0.717, 1.165) is 115 Å². The highest BCUT2D eigenvalue weighted by Gasteiger charge is 2.69. The first-order chi connectivity index (χ1) is 38.3. The van der Waals surface area contributed by atoms with Crippen LogP contribution in [0.3, 0.4) is 0 Å². The first-order valence-corrected chi connectivity index (χ1v) is 32.4. The number of carbonyl (C=O) groups is 2. The van der Waals surface area contributed by atoms with E-state index in [4.69, 9.17) is 9.47 Å². The van der Waals surface area contributed by atoms with E-state index in [1.54, 1.807) is 5.01 Å². The molecule has 7 fully saturated rings. The number of piperidine rings is 5. The molecule has 80 heavy (non-hydrogen) atoms. The summed E-state index contributed by atoms with van der Waals surface area (Å²) in [6.45, 7) is 14.8. The number of hydrogen-bond donors (Lipinski definition) is 4. The molecule has 0 bridgehead atoms. The Labute approximate surface area is 484 Å². The Hall–Kier alpha value is -3.14. The molecule has 450 valence electrons. The van der Waals surface area contributed by atoms with Crippen molar-refractivity contribution in [2.75, 3.05) is 58.4 Å². The van der Waals surface area contributed by atoms with Crippen molar-refractivity contribution >= 4 is 17.6 Å². The highest BCUT2D eigenvalue weighted by Crippen LogP contribution is 2.64. The summed E-state index contributed by atoms with van der Waals surface area (Å²) >= 11 is 0. The van der Waals surface area contributed by atoms with Crippen molar-refractivity contribution in [1.82, 2.24) is 25.1 Å². The van der Waals surface area contributed by atoms with Crippen LogP contribution in [-0.4, -0.2) is 142 Å². The van der Waals surface area contributed by atoms with Gasteiger partial charge < -0.3 is 29.7 Å². The maximum Gasteiger partial charge on any atom is 0.359 e. The zero-order valence-electron chi connectivity index (χ0n) is 50.0. The van der Waals surface area contributed by atoms with E-state index in [2.05, 4.69) is 84.2 Å². The minimum atomic E-state index is -1.57. The molecule has 7 saturated heterocycles. The standard InChI is InChI=1S/C33H54N4O3.C21H28N2O3.C12H24O.CH4/c1-4-6-7-8-9-10-11-12-16-25(38)23-35(3)34-30(39)33(40)24-32(5-2)20-15-21-36-22-19-28-26-17-13-14-18-27(26)29(33)37(28)31(32)36;1-3-20-10-6-11-22-12-9-15-14-7-4-5-8-16(14)23(17(15)18(20)22)21(25,13-20)19(24)26-2;1-2-3-4-5-6-7-8-9-10-12-11-13-12;/h13-14,17-18,25,28-29,31,38,40H,4-12,15-16,19-24H2,1-3H3,(H,34,39);4-5,7-8,15,17-18,25H,3,6,9-13H2,1-2H3;12H,2-11H2,1H3;1H4. The number of likely N-dealkylation sites (N-methyl/N-ethyl adjacent to an activating group) is 1. The topological polar surface area (TPSA) is 145 Å². The summed E-state index contributed by atoms with van der Waals surface area (Å²) in [6, 6.07) is 17.3. The molecular weight excluding hydrogens is 1000 g/mol. The number of para-hydroxylation sites is 1. The van der Waals surface area contributed by atoms with Crippen molar-refractivity contribution in [2.45, 2.75) is 275 Å². The number of esters is 1. The van der Waals surface area contributed by atoms with Gasteiger partial charge in [0, 0.05) is 55.7 Å². The maximum atomic E-state index is 14.1. The van der Waals surface area contributed by atoms with Gasteiger partial charge in [0.1, 0.15) is 0 Å². The van der Waals surface area contributed by atoms with E-state index in [9.17, 15) is 24.9 Å². The van der Waals surface area contributed by atoms with Gasteiger partial charge in [0.25, 0.3) is 5.91 Å². The van der Waals surface area contributed by atoms with Crippen molar-refractivity contribution in [1.29, 1.82) is 0 Å². The number of hydrazine groups is 1. The van der Waals surface area contributed by atoms with Crippen LogP contribution in [-0.2, 0) is 19.1 Å². The summed E-state index contributed by atoms with van der Waals surface area (Å²) in [4.78, 5) is 36.8. The lowest BCUT2D eigenvalue weighted by atomic mass is 9.58. The number of aliphatic hydroxyl groups excluding tert-OH is 1. The molecule has 9 aliphatic rings. The fourth-order valence-electron chi connectivity index (χ4n) is 17.2. The lowest BCUT2D eigenvalue weighted by Crippen LogP contribution is -2.76. The number of unbranched alkanes of at least 4 members (excludes halogenated alkanes) is 14. The third-order valence-electron chi connectivity index (χ3n) is 21.1. The van der Waals surface area contributed by atoms with Crippen LogP contribution < -0.4 is 10.3 Å². The van der Waals surface area contributed by atoms with Crippen LogP contribution in [0.25, 0.3) is 0 Å². The van der Waals surface area contributed by atoms with Crippen LogP contribution in [0.4, 0.5) is 5.69 Å². The monoisotopic (exact) mass is 1110 g/mol. The summed E-state index contributed by atoms with van der Waals surface area (Å²) in [5.41, 5.74) is 4.48. The van der Waals surface area contributed by atoms with E-state index >= 15 is 0 Å². The van der Waals surface area contributed by atoms with Gasteiger partial charge in [-0.2, -0.15) is 0 Å². The predicted molar refractivity (Wildman–Crippen MR) is 322 cm³/mol. The number of nitrogens with zero attached hydrogens (tertiary/aromatic N) is 5. The molecule has 0 aliphatic carbocycles. The van der Waals surface area contributed by atoms with Gasteiger partial charge in [-0.15, -0.1) is 0 Å². The number of fused-ring (bicyclic) bond motifs is 6. The molecule has 12 atom stereocenters. The van der Waals surface area contributed by atoms with Gasteiger partial charge >= 0.3 is 5.97 Å². The average Bonchev–Trinajstić information content (AvgIpc) is 3.85. The first-order valence-electron chi connectivity index (χ1n) is 32.4. The van der Waals surface area contributed by atoms with E-state index in [1.165, 1.54) is 115 Å². The predicted octanol–water partition coefficient (Wildman–Crippen LogP) is 12.3. The molecular formula is C67H110N6O7. The molecule has 9 heterocycles. The van der Waals surface area contributed by atoms with Crippen LogP contribution in [0.15, 0.2) is 48.5 Å². The highest BCUT2D eigenvalue weighted by molar-refractivity contribution is 5.87. The largest absolute Gasteiger partial charge is 0.465 e. The van der Waals surface area contributed by atoms with Gasteiger partial charge in [0.2, 0.25) is 5.72 Å². The summed E-state index contributed by atoms with van der Waals surface area (Å²) in [7, 11) is 3.20. The lowest BCUT2D eigenvalue weighted by molar-refractivity contribution is -0.235. The quantitative estimate of drug-likeness (QED) is 0.0325. The molecule has 4 N–H and O–H groups in total. The number of anilines is 1. The number of methoxy groups -OCH3 is 1. The van der Waals surface area contributed by atoms with Crippen molar-refractivity contribution in [3.63, 3.8) is 0 Å². The number of benzene rings is 2. The Morgan fingerprint density at radius 2 is 1.31 bits per heavy atom. The number of aliphatic hydroxyl groups is 3. The number of hydrogen-bond acceptors (Lipinski definition) is 12. The second kappa shape index (κ2) is 28.2. The number of nitrogens with one attached hydrogen (secondary N) is 1. The minimum Gasteiger partial charge on any atom is -0.465 e. The highest BCUT2D eigenvalue weighted by atomic mass is 16.6. The minimum absolute atomic E-state index is 0. The molecule has 9 aliphatic heterocycles. The number of amides is 1. The number of carbonyl (C=O) groups excluding carboxylic acids is 2. The van der Waals surface area contributed by atoms with Crippen molar-refractivity contribution in [3.8, 4) is 0 Å². The molecule has 2 aromatic rings. The third kappa shape index (κ3) is 12.9. The van der Waals surface area contributed by atoms with Gasteiger partial charge in [0.15, 0.2) is 5.60 Å². The molecule has 13 nitrogen and oxygen atoms in total. The van der Waals surface area contributed by atoms with E-state index < -0.39 is 23.4 Å². The van der Waals surface area contributed by atoms with Crippen molar-refractivity contribution in [2.24, 2.45) is 10.8 Å². The Kier molecular flexibility index (Phi) is 22.1. The van der Waals surface area contributed by atoms with Crippen molar-refractivity contribution < 1.29 is 34.4 Å². The van der Waals surface area contributed by atoms with E-state index in [1.807, 2.05) is 24.1 Å². The van der Waals surface area contributed by atoms with Gasteiger partial charge in [-0.3, -0.25) is 24.9 Å². The fraction of sp³-hybridized carbons (Fsp3) is 0.791. The molecule has 0 spiro atoms. The van der Waals surface area contributed by atoms with Crippen LogP contribution in [0.5, 0.6) is 0 Å². The Bertz CT molecular complexity index is 2280. The van der Waals surface area contributed by atoms with E-state index in [-0.39, 0.29) is 48.5 Å². The number of epoxide rings is 1. The summed E-state index contributed by atoms with van der Waals surface area (Å²) in [5, 5.41) is 36.7. The second-order valence-electron chi connectivity index (χ2n) is 26.2. The molecule has 0 saturated carbocycles. The Morgan fingerprint density at radius 1 is 0.738 bits per heavy atom. The molecule has 12 unspecified atom stereocenters. The molecule has 13 heteroatoms. The molecule has 2 aromatic carbocycles. The normalized spacial score (nSPS) is 32.6. The SMILES string of the molecule is C.CCC12CCCN3CCC4c5ccccc5N(C4C31)C(O)(C(=O)OC)C2.CCCCCCCCCCC(O)CN(C)NC(=O)C1(O)CC2(CC)CCCN3CCC4c5ccccc5C1N4C32.CCCCCCCCCCC1CO1. The smallest absolute Gasteiger partial charge is 0.359 e. The van der Waals surface area contributed by atoms with Gasteiger partial charge in [-0.25, -0.2) is 9.80 Å². The summed E-state index contributed by atoms with van der Waals surface area (Å²) in [6.07, 6.45) is 33.2. The number of ether oxygens (including phenoxy) is 2. The summed E-state index contributed by atoms with van der Waals surface area (Å²) in [5.74, 6) is -0.460. The maximum absolute atomic E-state index is 14.1. The van der Waals surface area contributed by atoms with Gasteiger partial charge in [-0.05, 0) is 118 Å². The number of rotatable bonds is 25. The first kappa shape index (κ1) is 62.9. The van der Waals surface area contributed by atoms with Crippen LogP contribution in [0.2, 0.25) is 0 Å². The van der Waals surface area contributed by atoms with Gasteiger partial charge in [-0.1, -0.05) is 180 Å². The summed E-state index contributed by atoms with van der Waals surface area (Å²) < 4.78 is 10.3. The average molecular weight is 1110 g/mol. The van der Waals surface area contributed by atoms with Crippen molar-refractivity contribution in [3.05, 3.63) is 65.2 Å². The Balaban J connectivity index is 0.000000179. The van der Waals surface area contributed by atoms with E-state index in [0.29, 0.717) is 37.5 Å². The zero-order chi connectivity index (χ0) is 55.8. The van der Waals surface area contributed by atoms with Gasteiger partial charge in [0.05, 0.1) is 44.2 Å². The van der Waals surface area contributed by atoms with Crippen LogP contribution in [0, 0.1) is 10.8 Å². The lowest BCUT2D eigenvalue weighted by Gasteiger charge is -2.65. The molecule has 1 amide bonds. The molecule has 0 radical (unpaired) electrons. The Morgan fingerprint density at radius 3 is 1.95 bits per heavy atom. The third-order valence-corrected chi connectivity index (χ3v) is 21.1. The van der Waals surface area contributed by atoms with Crippen LogP contribution in [0.1, 0.15) is 250 Å². The molecule has 0 aromatic heterocycles.